The van der Waals surface area contributed by atoms with Gasteiger partial charge in [0.25, 0.3) is 0 Å². The van der Waals surface area contributed by atoms with Crippen LogP contribution < -0.4 is 0 Å². The van der Waals surface area contributed by atoms with Gasteiger partial charge in [0, 0.05) is 5.39 Å². The minimum absolute atomic E-state index is 0.0111. The van der Waals surface area contributed by atoms with E-state index in [2.05, 4.69) is 9.97 Å². The number of fused-ring (bicyclic) bond motifs is 1. The summed E-state index contributed by atoms with van der Waals surface area (Å²) in [5, 5.41) is 0.891. The first kappa shape index (κ1) is 11.2. The molecule has 0 unspecified atom stereocenters. The third kappa shape index (κ3) is 1.84. The molecule has 2 heterocycles. The maximum Gasteiger partial charge on any atom is 0.223 e. The van der Waals surface area contributed by atoms with Gasteiger partial charge in [0.2, 0.25) is 5.28 Å². The molecule has 0 amide bonds. The summed E-state index contributed by atoms with van der Waals surface area (Å²) in [5.74, 6) is -0.215. The quantitative estimate of drug-likeness (QED) is 0.623. The van der Waals surface area contributed by atoms with Gasteiger partial charge in [-0.15, -0.1) is 0 Å². The fourth-order valence-electron chi connectivity index (χ4n) is 1.80. The zero-order chi connectivity index (χ0) is 12.7. The molecule has 0 bridgehead atoms. The van der Waals surface area contributed by atoms with Gasteiger partial charge in [-0.2, -0.15) is 0 Å². The summed E-state index contributed by atoms with van der Waals surface area (Å²) in [6, 6.07) is 7.47. The minimum atomic E-state index is -0.560. The Kier molecular flexibility index (Phi) is 2.52. The van der Waals surface area contributed by atoms with Crippen molar-refractivity contribution in [2.24, 2.45) is 0 Å². The van der Waals surface area contributed by atoms with Crippen LogP contribution in [0.15, 0.2) is 34.9 Å². The lowest BCUT2D eigenvalue weighted by molar-refractivity contribution is 0.589. The van der Waals surface area contributed by atoms with Gasteiger partial charge in [0.1, 0.15) is 11.3 Å². The summed E-state index contributed by atoms with van der Waals surface area (Å²) in [4.78, 5) is 7.42. The SMILES string of the molecule is Cc1ccc2oc(-c3nc(Cl)ncc3F)cc2c1. The van der Waals surface area contributed by atoms with Gasteiger partial charge in [-0.3, -0.25) is 0 Å². The van der Waals surface area contributed by atoms with E-state index in [0.717, 1.165) is 17.1 Å². The normalized spacial score (nSPS) is 11.1. The monoisotopic (exact) mass is 262 g/mol. The van der Waals surface area contributed by atoms with E-state index in [1.807, 2.05) is 25.1 Å². The lowest BCUT2D eigenvalue weighted by Gasteiger charge is -1.97. The summed E-state index contributed by atoms with van der Waals surface area (Å²) in [5.41, 5.74) is 1.87. The first-order valence-corrected chi connectivity index (χ1v) is 5.70. The lowest BCUT2D eigenvalue weighted by atomic mass is 10.2. The van der Waals surface area contributed by atoms with Gasteiger partial charge >= 0.3 is 0 Å². The van der Waals surface area contributed by atoms with E-state index in [4.69, 9.17) is 16.0 Å². The van der Waals surface area contributed by atoms with Crippen LogP contribution in [0.25, 0.3) is 22.4 Å². The maximum atomic E-state index is 13.6. The Morgan fingerprint density at radius 3 is 2.94 bits per heavy atom. The van der Waals surface area contributed by atoms with E-state index in [1.165, 1.54) is 0 Å². The number of nitrogens with zero attached hydrogens (tertiary/aromatic N) is 2. The molecule has 5 heteroatoms. The number of hydrogen-bond acceptors (Lipinski definition) is 3. The molecule has 3 rings (SSSR count). The maximum absolute atomic E-state index is 13.6. The standard InChI is InChI=1S/C13H8ClFN2O/c1-7-2-3-10-8(4-7)5-11(18-10)12-9(15)6-16-13(14)17-12/h2-6H,1H3. The van der Waals surface area contributed by atoms with Crippen molar-refractivity contribution in [1.82, 2.24) is 9.97 Å². The molecule has 0 saturated carbocycles. The number of aryl methyl sites for hydroxylation is 1. The van der Waals surface area contributed by atoms with Crippen LogP contribution in [0, 0.1) is 12.7 Å². The Hall–Kier alpha value is -1.94. The fourth-order valence-corrected chi connectivity index (χ4v) is 1.93. The van der Waals surface area contributed by atoms with Crippen molar-refractivity contribution >= 4 is 22.6 Å². The minimum Gasteiger partial charge on any atom is -0.454 e. The molecule has 0 N–H and O–H groups in total. The zero-order valence-electron chi connectivity index (χ0n) is 9.45. The molecule has 0 aliphatic rings. The van der Waals surface area contributed by atoms with Gasteiger partial charge in [-0.25, -0.2) is 14.4 Å². The van der Waals surface area contributed by atoms with Crippen molar-refractivity contribution < 1.29 is 8.81 Å². The van der Waals surface area contributed by atoms with Crippen molar-refractivity contribution in [3.8, 4) is 11.5 Å². The van der Waals surface area contributed by atoms with Crippen LogP contribution in [-0.4, -0.2) is 9.97 Å². The number of halogens is 2. The third-order valence-corrected chi connectivity index (χ3v) is 2.80. The summed E-state index contributed by atoms with van der Waals surface area (Å²) in [7, 11) is 0. The Balaban J connectivity index is 2.22. The second-order valence-corrected chi connectivity index (χ2v) is 4.33. The van der Waals surface area contributed by atoms with E-state index in [0.29, 0.717) is 11.3 Å². The largest absolute Gasteiger partial charge is 0.454 e. The van der Waals surface area contributed by atoms with Gasteiger partial charge in [0.15, 0.2) is 11.6 Å². The average molecular weight is 263 g/mol. The number of hydrogen-bond donors (Lipinski definition) is 0. The second kappa shape index (κ2) is 4.07. The highest BCUT2D eigenvalue weighted by Gasteiger charge is 2.13. The van der Waals surface area contributed by atoms with E-state index in [-0.39, 0.29) is 11.0 Å². The molecule has 0 fully saturated rings. The highest BCUT2D eigenvalue weighted by atomic mass is 35.5. The van der Waals surface area contributed by atoms with Gasteiger partial charge in [-0.05, 0) is 36.7 Å². The molecule has 0 radical (unpaired) electrons. The van der Waals surface area contributed by atoms with Gasteiger partial charge < -0.3 is 4.42 Å². The molecule has 18 heavy (non-hydrogen) atoms. The molecule has 0 saturated heterocycles. The van der Waals surface area contributed by atoms with Crippen molar-refractivity contribution in [2.45, 2.75) is 6.92 Å². The van der Waals surface area contributed by atoms with Crippen LogP contribution in [0.5, 0.6) is 0 Å². The average Bonchev–Trinajstić information content (AvgIpc) is 2.74. The Morgan fingerprint density at radius 2 is 2.11 bits per heavy atom. The number of benzene rings is 1. The van der Waals surface area contributed by atoms with E-state index < -0.39 is 5.82 Å². The van der Waals surface area contributed by atoms with Crippen molar-refractivity contribution in [3.63, 3.8) is 0 Å². The number of rotatable bonds is 1. The number of aromatic nitrogens is 2. The molecular weight excluding hydrogens is 255 g/mol. The van der Waals surface area contributed by atoms with Crippen LogP contribution in [0.1, 0.15) is 5.56 Å². The van der Waals surface area contributed by atoms with Gasteiger partial charge in [0.05, 0.1) is 6.20 Å². The van der Waals surface area contributed by atoms with Crippen LogP contribution in [0.2, 0.25) is 5.28 Å². The summed E-state index contributed by atoms with van der Waals surface area (Å²) in [6.07, 6.45) is 1.03. The molecule has 3 nitrogen and oxygen atoms in total. The number of furan rings is 1. The first-order chi connectivity index (χ1) is 8.63. The molecule has 2 aromatic heterocycles. The summed E-state index contributed by atoms with van der Waals surface area (Å²) in [6.45, 7) is 1.98. The molecule has 1 aromatic carbocycles. The first-order valence-electron chi connectivity index (χ1n) is 5.32. The molecule has 0 aliphatic heterocycles. The zero-order valence-corrected chi connectivity index (χ0v) is 10.2. The molecule has 0 aliphatic carbocycles. The Morgan fingerprint density at radius 1 is 1.28 bits per heavy atom. The Labute approximate surface area is 107 Å². The highest BCUT2D eigenvalue weighted by molar-refractivity contribution is 6.28. The predicted octanol–water partition coefficient (Wildman–Crippen LogP) is 3.99. The Bertz CT molecular complexity index is 739. The molecular formula is C13H8ClFN2O. The highest BCUT2D eigenvalue weighted by Crippen LogP contribution is 2.29. The lowest BCUT2D eigenvalue weighted by Crippen LogP contribution is -1.90. The molecule has 90 valence electrons. The van der Waals surface area contributed by atoms with E-state index >= 15 is 0 Å². The smallest absolute Gasteiger partial charge is 0.223 e. The van der Waals surface area contributed by atoms with Crippen LogP contribution in [0.3, 0.4) is 0 Å². The predicted molar refractivity (Wildman–Crippen MR) is 66.9 cm³/mol. The van der Waals surface area contributed by atoms with Crippen LogP contribution in [-0.2, 0) is 0 Å². The topological polar surface area (TPSA) is 38.9 Å². The van der Waals surface area contributed by atoms with Crippen LogP contribution in [0.4, 0.5) is 4.39 Å². The molecule has 0 atom stereocenters. The molecule has 0 spiro atoms. The summed E-state index contributed by atoms with van der Waals surface area (Å²) >= 11 is 5.66. The summed E-state index contributed by atoms with van der Waals surface area (Å²) < 4.78 is 19.2. The fraction of sp³-hybridized carbons (Fsp3) is 0.0769. The van der Waals surface area contributed by atoms with E-state index in [1.54, 1.807) is 6.07 Å². The molecule has 3 aromatic rings. The van der Waals surface area contributed by atoms with E-state index in [9.17, 15) is 4.39 Å². The second-order valence-electron chi connectivity index (χ2n) is 3.99. The van der Waals surface area contributed by atoms with Gasteiger partial charge in [-0.1, -0.05) is 11.6 Å². The van der Waals surface area contributed by atoms with Crippen molar-refractivity contribution in [3.05, 3.63) is 47.1 Å². The van der Waals surface area contributed by atoms with Crippen molar-refractivity contribution in [2.75, 3.05) is 0 Å². The van der Waals surface area contributed by atoms with Crippen LogP contribution >= 0.6 is 11.6 Å². The third-order valence-electron chi connectivity index (χ3n) is 2.62. The van der Waals surface area contributed by atoms with Crippen molar-refractivity contribution in [1.29, 1.82) is 0 Å².